The number of rotatable bonds is 3. The predicted molar refractivity (Wildman–Crippen MR) is 93.3 cm³/mol. The number of hydrogen-bond acceptors (Lipinski definition) is 5. The largest absolute Gasteiger partial charge is 0.493 e. The molecule has 0 unspecified atom stereocenters. The van der Waals surface area contributed by atoms with Crippen molar-refractivity contribution in [3.8, 4) is 11.5 Å². The van der Waals surface area contributed by atoms with Crippen LogP contribution in [-0.4, -0.2) is 57.1 Å². The van der Waals surface area contributed by atoms with Gasteiger partial charge >= 0.3 is 0 Å². The van der Waals surface area contributed by atoms with Gasteiger partial charge in [-0.25, -0.2) is 0 Å². The van der Waals surface area contributed by atoms with Crippen molar-refractivity contribution in [3.05, 3.63) is 35.4 Å². The van der Waals surface area contributed by atoms with Crippen molar-refractivity contribution in [3.63, 3.8) is 0 Å². The molecule has 2 spiro atoms. The van der Waals surface area contributed by atoms with Crippen molar-refractivity contribution in [2.24, 2.45) is 0 Å². The number of nitrogens with zero attached hydrogens (tertiary/aromatic N) is 1. The predicted octanol–water partition coefficient (Wildman–Crippen LogP) is 2.27. The van der Waals surface area contributed by atoms with E-state index in [1.807, 2.05) is 0 Å². The van der Waals surface area contributed by atoms with Crippen LogP contribution in [0.4, 0.5) is 0 Å². The van der Waals surface area contributed by atoms with Gasteiger partial charge in [-0.2, -0.15) is 0 Å². The second-order valence-corrected chi connectivity index (χ2v) is 7.51. The maximum absolute atomic E-state index is 6.28. The molecule has 3 heterocycles. The van der Waals surface area contributed by atoms with Crippen LogP contribution in [0.3, 0.4) is 0 Å². The third kappa shape index (κ3) is 1.84. The van der Waals surface area contributed by atoms with Gasteiger partial charge in [0.1, 0.15) is 11.7 Å². The number of fused-ring (bicyclic) bond motifs is 1. The summed E-state index contributed by atoms with van der Waals surface area (Å²) in [6.07, 6.45) is 7.96. The molecule has 0 N–H and O–H groups in total. The number of hydrogen-bond donors (Lipinski definition) is 0. The molecule has 1 aromatic rings. The van der Waals surface area contributed by atoms with Crippen LogP contribution >= 0.6 is 0 Å². The molecule has 1 aromatic carbocycles. The zero-order chi connectivity index (χ0) is 17.2. The molecule has 5 heteroatoms. The highest BCUT2D eigenvalue weighted by Gasteiger charge is 2.77. The Labute approximate surface area is 148 Å². The Morgan fingerprint density at radius 3 is 2.72 bits per heavy atom. The summed E-state index contributed by atoms with van der Waals surface area (Å²) >= 11 is 0. The molecule has 4 aliphatic rings. The van der Waals surface area contributed by atoms with E-state index in [1.54, 1.807) is 21.3 Å². The van der Waals surface area contributed by atoms with Crippen LogP contribution in [0.5, 0.6) is 11.5 Å². The second kappa shape index (κ2) is 5.22. The number of aryl methyl sites for hydroxylation is 1. The highest BCUT2D eigenvalue weighted by atomic mass is 16.6. The van der Waals surface area contributed by atoms with Gasteiger partial charge < -0.3 is 18.9 Å². The fourth-order valence-electron chi connectivity index (χ4n) is 5.43. The van der Waals surface area contributed by atoms with E-state index in [9.17, 15) is 0 Å². The van der Waals surface area contributed by atoms with Gasteiger partial charge in [-0.15, -0.1) is 0 Å². The lowest BCUT2D eigenvalue weighted by molar-refractivity contribution is -0.0222. The lowest BCUT2D eigenvalue weighted by atomic mass is 9.69. The van der Waals surface area contributed by atoms with E-state index in [0.29, 0.717) is 6.10 Å². The number of methoxy groups -OCH3 is 3. The molecular formula is C20H25NO4. The maximum atomic E-state index is 6.28. The minimum absolute atomic E-state index is 0.107. The maximum Gasteiger partial charge on any atom is 0.161 e. The first-order chi connectivity index (χ1) is 12.2. The van der Waals surface area contributed by atoms with Crippen LogP contribution in [0.15, 0.2) is 24.3 Å². The number of benzene rings is 1. The SMILES string of the molecule is COc1cc2c(cc1OC)[C@@]13C[C@H](OC)C=C[C@]14O[C@H]4CN3CCC2. The van der Waals surface area contributed by atoms with Crippen LogP contribution in [0.2, 0.25) is 0 Å². The number of epoxide rings is 1. The van der Waals surface area contributed by atoms with Crippen molar-refractivity contribution in [1.29, 1.82) is 0 Å². The first-order valence-corrected chi connectivity index (χ1v) is 9.09. The summed E-state index contributed by atoms with van der Waals surface area (Å²) in [6.45, 7) is 2.08. The summed E-state index contributed by atoms with van der Waals surface area (Å²) in [7, 11) is 5.20. The molecule has 0 radical (unpaired) electrons. The van der Waals surface area contributed by atoms with Crippen LogP contribution in [-0.2, 0) is 21.4 Å². The van der Waals surface area contributed by atoms with Crippen LogP contribution in [0.25, 0.3) is 0 Å². The quantitative estimate of drug-likeness (QED) is 0.622. The minimum Gasteiger partial charge on any atom is -0.493 e. The first kappa shape index (κ1) is 15.7. The summed E-state index contributed by atoms with van der Waals surface area (Å²) in [5, 5.41) is 0. The molecule has 0 aromatic heterocycles. The van der Waals surface area contributed by atoms with Gasteiger partial charge in [0.05, 0.1) is 25.9 Å². The number of morpholine rings is 1. The van der Waals surface area contributed by atoms with E-state index in [1.165, 1.54) is 11.1 Å². The van der Waals surface area contributed by atoms with E-state index >= 15 is 0 Å². The Hall–Kier alpha value is -1.56. The normalized spacial score (nSPS) is 38.2. The summed E-state index contributed by atoms with van der Waals surface area (Å²) < 4.78 is 23.2. The van der Waals surface area contributed by atoms with Crippen LogP contribution < -0.4 is 9.47 Å². The average Bonchev–Trinajstić information content (AvgIpc) is 3.30. The standard InChI is InChI=1S/C20H25NO4/c1-22-14-6-7-20-18(25-20)12-21-8-4-5-13-9-16(23-2)17(24-3)10-15(13)19(20,21)11-14/h6-7,9-10,14,18H,4-5,8,11-12H2,1-3H3/t14-,18+,19+,20-/m1/s1. The topological polar surface area (TPSA) is 43.5 Å². The lowest BCUT2D eigenvalue weighted by Crippen LogP contribution is -2.54. The van der Waals surface area contributed by atoms with E-state index < -0.39 is 0 Å². The molecule has 0 saturated carbocycles. The zero-order valence-corrected chi connectivity index (χ0v) is 15.1. The molecule has 0 amide bonds. The van der Waals surface area contributed by atoms with Crippen molar-refractivity contribution in [2.45, 2.75) is 42.6 Å². The van der Waals surface area contributed by atoms with Gasteiger partial charge in [0.25, 0.3) is 0 Å². The monoisotopic (exact) mass is 343 g/mol. The molecule has 25 heavy (non-hydrogen) atoms. The average molecular weight is 343 g/mol. The fraction of sp³-hybridized carbons (Fsp3) is 0.600. The molecule has 2 fully saturated rings. The van der Waals surface area contributed by atoms with Gasteiger partial charge in [-0.05, 0) is 48.7 Å². The summed E-state index contributed by atoms with van der Waals surface area (Å²) in [6, 6.07) is 4.35. The van der Waals surface area contributed by atoms with Crippen LogP contribution in [0.1, 0.15) is 24.0 Å². The molecule has 134 valence electrons. The zero-order valence-electron chi connectivity index (χ0n) is 15.1. The highest BCUT2D eigenvalue weighted by molar-refractivity contribution is 5.55. The Morgan fingerprint density at radius 1 is 1.16 bits per heavy atom. The van der Waals surface area contributed by atoms with Gasteiger partial charge in [-0.3, -0.25) is 4.90 Å². The fourth-order valence-corrected chi connectivity index (χ4v) is 5.43. The van der Waals surface area contributed by atoms with Crippen molar-refractivity contribution >= 4 is 0 Å². The van der Waals surface area contributed by atoms with Gasteiger partial charge in [0.2, 0.25) is 0 Å². The minimum atomic E-state index is -0.208. The van der Waals surface area contributed by atoms with E-state index in [0.717, 1.165) is 43.9 Å². The third-order valence-electron chi connectivity index (χ3n) is 6.62. The summed E-state index contributed by atoms with van der Waals surface area (Å²) in [5.41, 5.74) is 2.30. The third-order valence-corrected chi connectivity index (χ3v) is 6.62. The van der Waals surface area contributed by atoms with Crippen LogP contribution in [0, 0.1) is 0 Å². The Bertz CT molecular complexity index is 747. The lowest BCUT2D eigenvalue weighted by Gasteiger charge is -2.47. The molecular weight excluding hydrogens is 318 g/mol. The molecule has 5 rings (SSSR count). The van der Waals surface area contributed by atoms with E-state index in [-0.39, 0.29) is 17.2 Å². The molecule has 1 aliphatic carbocycles. The Balaban J connectivity index is 1.75. The molecule has 2 saturated heterocycles. The van der Waals surface area contributed by atoms with Gasteiger partial charge in [0, 0.05) is 20.1 Å². The van der Waals surface area contributed by atoms with E-state index in [2.05, 4.69) is 29.2 Å². The van der Waals surface area contributed by atoms with Gasteiger partial charge in [0.15, 0.2) is 11.5 Å². The summed E-state index contributed by atoms with van der Waals surface area (Å²) in [4.78, 5) is 2.63. The van der Waals surface area contributed by atoms with Crippen molar-refractivity contribution in [1.82, 2.24) is 4.90 Å². The summed E-state index contributed by atoms with van der Waals surface area (Å²) in [5.74, 6) is 1.60. The second-order valence-electron chi connectivity index (χ2n) is 7.51. The van der Waals surface area contributed by atoms with Crippen molar-refractivity contribution < 1.29 is 18.9 Å². The van der Waals surface area contributed by atoms with Crippen molar-refractivity contribution in [2.75, 3.05) is 34.4 Å². The van der Waals surface area contributed by atoms with Gasteiger partial charge in [-0.1, -0.05) is 6.08 Å². The molecule has 5 nitrogen and oxygen atoms in total. The molecule has 0 bridgehead atoms. The smallest absolute Gasteiger partial charge is 0.161 e. The van der Waals surface area contributed by atoms with E-state index in [4.69, 9.17) is 18.9 Å². The Morgan fingerprint density at radius 2 is 1.96 bits per heavy atom. The molecule has 4 atom stereocenters. The first-order valence-electron chi connectivity index (χ1n) is 9.09. The molecule has 3 aliphatic heterocycles. The number of ether oxygens (including phenoxy) is 4. The Kier molecular flexibility index (Phi) is 3.28. The highest BCUT2D eigenvalue weighted by Crippen LogP contribution is 2.65.